The lowest BCUT2D eigenvalue weighted by atomic mass is 10.1. The van der Waals surface area contributed by atoms with Gasteiger partial charge in [0, 0.05) is 19.7 Å². The molecule has 1 aliphatic heterocycles. The molecule has 5 nitrogen and oxygen atoms in total. The summed E-state index contributed by atoms with van der Waals surface area (Å²) in [6, 6.07) is 0. The molecule has 0 unspecified atom stereocenters. The van der Waals surface area contributed by atoms with Crippen molar-refractivity contribution in [2.75, 3.05) is 32.8 Å². The van der Waals surface area contributed by atoms with Crippen molar-refractivity contribution in [3.63, 3.8) is 0 Å². The van der Waals surface area contributed by atoms with Crippen LogP contribution in [0.25, 0.3) is 0 Å². The molecule has 0 radical (unpaired) electrons. The lowest BCUT2D eigenvalue weighted by Gasteiger charge is -2.33. The maximum Gasteiger partial charge on any atom is 0.410 e. The third-order valence-corrected chi connectivity index (χ3v) is 3.37. The highest BCUT2D eigenvalue weighted by molar-refractivity contribution is 5.68. The van der Waals surface area contributed by atoms with Gasteiger partial charge in [-0.15, -0.1) is 0 Å². The maximum atomic E-state index is 11.9. The van der Waals surface area contributed by atoms with Crippen LogP contribution in [0.4, 0.5) is 4.79 Å². The van der Waals surface area contributed by atoms with Crippen molar-refractivity contribution in [2.45, 2.75) is 65.1 Å². The van der Waals surface area contributed by atoms with Gasteiger partial charge in [0.2, 0.25) is 0 Å². The Morgan fingerprint density at radius 3 is 2.48 bits per heavy atom. The smallest absolute Gasteiger partial charge is 0.410 e. The fourth-order valence-electron chi connectivity index (χ4n) is 2.28. The topological polar surface area (TPSA) is 50.8 Å². The van der Waals surface area contributed by atoms with Gasteiger partial charge in [-0.25, -0.2) is 4.79 Å². The normalized spacial score (nSPS) is 17.0. The maximum absolute atomic E-state index is 11.9. The average Bonchev–Trinajstić information content (AvgIpc) is 2.41. The highest BCUT2D eigenvalue weighted by Gasteiger charge is 2.26. The first kappa shape index (κ1) is 18.2. The first-order valence-corrected chi connectivity index (χ1v) is 8.22. The molecule has 1 rings (SSSR count). The van der Waals surface area contributed by atoms with Gasteiger partial charge in [-0.05, 0) is 59.5 Å². The zero-order chi connectivity index (χ0) is 15.7. The van der Waals surface area contributed by atoms with Crippen molar-refractivity contribution in [1.82, 2.24) is 10.2 Å². The zero-order valence-corrected chi connectivity index (χ0v) is 14.1. The van der Waals surface area contributed by atoms with Crippen LogP contribution in [0.5, 0.6) is 0 Å². The number of ether oxygens (including phenoxy) is 2. The molecule has 0 spiro atoms. The van der Waals surface area contributed by atoms with Gasteiger partial charge in [-0.2, -0.15) is 0 Å². The predicted octanol–water partition coefficient (Wildman–Crippen LogP) is 2.79. The van der Waals surface area contributed by atoms with Crippen molar-refractivity contribution in [1.29, 1.82) is 0 Å². The second-order valence-corrected chi connectivity index (χ2v) is 6.64. The van der Waals surface area contributed by atoms with Crippen LogP contribution in [-0.2, 0) is 9.47 Å². The van der Waals surface area contributed by atoms with Crippen LogP contribution in [0, 0.1) is 0 Å². The van der Waals surface area contributed by atoms with Crippen molar-refractivity contribution >= 4 is 6.09 Å². The van der Waals surface area contributed by atoms with E-state index >= 15 is 0 Å². The van der Waals surface area contributed by atoms with Gasteiger partial charge in [-0.1, -0.05) is 6.92 Å². The van der Waals surface area contributed by atoms with E-state index in [0.29, 0.717) is 0 Å². The van der Waals surface area contributed by atoms with E-state index in [1.165, 1.54) is 6.42 Å². The van der Waals surface area contributed by atoms with E-state index in [-0.39, 0.29) is 12.2 Å². The molecule has 1 aliphatic rings. The van der Waals surface area contributed by atoms with Gasteiger partial charge < -0.3 is 19.7 Å². The minimum absolute atomic E-state index is 0.204. The number of carbonyl (C=O) groups excluding carboxylic acids is 1. The van der Waals surface area contributed by atoms with E-state index in [2.05, 4.69) is 12.2 Å². The van der Waals surface area contributed by atoms with Crippen LogP contribution in [0.2, 0.25) is 0 Å². The number of hydrogen-bond acceptors (Lipinski definition) is 4. The number of nitrogens with zero attached hydrogens (tertiary/aromatic N) is 1. The Balaban J connectivity index is 2.10. The van der Waals surface area contributed by atoms with Crippen molar-refractivity contribution in [3.8, 4) is 0 Å². The molecule has 0 aromatic carbocycles. The molecule has 1 saturated heterocycles. The number of amides is 1. The average molecular weight is 300 g/mol. The lowest BCUT2D eigenvalue weighted by Crippen LogP contribution is -2.43. The van der Waals surface area contributed by atoms with Crippen molar-refractivity contribution < 1.29 is 14.3 Å². The van der Waals surface area contributed by atoms with Crippen LogP contribution in [-0.4, -0.2) is 55.5 Å². The van der Waals surface area contributed by atoms with Crippen LogP contribution >= 0.6 is 0 Å². The minimum atomic E-state index is -0.421. The summed E-state index contributed by atoms with van der Waals surface area (Å²) in [4.78, 5) is 13.7. The molecule has 0 atom stereocenters. The summed E-state index contributed by atoms with van der Waals surface area (Å²) in [6.07, 6.45) is 4.11. The number of hydrogen-bond donors (Lipinski definition) is 1. The molecule has 0 bridgehead atoms. The third kappa shape index (κ3) is 8.27. The molecule has 1 heterocycles. The summed E-state index contributed by atoms with van der Waals surface area (Å²) < 4.78 is 11.3. The number of piperidine rings is 1. The zero-order valence-electron chi connectivity index (χ0n) is 14.1. The molecule has 0 aliphatic carbocycles. The Morgan fingerprint density at radius 1 is 1.24 bits per heavy atom. The second-order valence-electron chi connectivity index (χ2n) is 6.64. The van der Waals surface area contributed by atoms with E-state index in [1.807, 2.05) is 20.8 Å². The summed E-state index contributed by atoms with van der Waals surface area (Å²) in [5.41, 5.74) is -0.421. The highest BCUT2D eigenvalue weighted by Crippen LogP contribution is 2.17. The van der Waals surface area contributed by atoms with E-state index in [9.17, 15) is 4.79 Å². The SMILES string of the molecule is CCCNCCCOC1CCN(C(=O)OC(C)(C)C)CC1. The summed E-state index contributed by atoms with van der Waals surface area (Å²) in [6.45, 7) is 12.2. The fraction of sp³-hybridized carbons (Fsp3) is 0.938. The Hall–Kier alpha value is -0.810. The molecule has 1 amide bonds. The van der Waals surface area contributed by atoms with Crippen molar-refractivity contribution in [2.24, 2.45) is 0 Å². The Bertz CT molecular complexity index is 294. The monoisotopic (exact) mass is 300 g/mol. The first-order valence-electron chi connectivity index (χ1n) is 8.22. The quantitative estimate of drug-likeness (QED) is 0.735. The van der Waals surface area contributed by atoms with Gasteiger partial charge >= 0.3 is 6.09 Å². The lowest BCUT2D eigenvalue weighted by molar-refractivity contribution is -0.0117. The van der Waals surface area contributed by atoms with E-state index < -0.39 is 5.60 Å². The molecule has 124 valence electrons. The van der Waals surface area contributed by atoms with Gasteiger partial charge in [-0.3, -0.25) is 0 Å². The van der Waals surface area contributed by atoms with Gasteiger partial charge in [0.15, 0.2) is 0 Å². The van der Waals surface area contributed by atoms with Crippen LogP contribution in [0.3, 0.4) is 0 Å². The Morgan fingerprint density at radius 2 is 1.90 bits per heavy atom. The molecule has 21 heavy (non-hydrogen) atoms. The van der Waals surface area contributed by atoms with Crippen LogP contribution < -0.4 is 5.32 Å². The minimum Gasteiger partial charge on any atom is -0.444 e. The number of carbonyl (C=O) groups is 1. The summed E-state index contributed by atoms with van der Waals surface area (Å²) >= 11 is 0. The van der Waals surface area contributed by atoms with E-state index in [1.54, 1.807) is 4.90 Å². The van der Waals surface area contributed by atoms with Crippen molar-refractivity contribution in [3.05, 3.63) is 0 Å². The largest absolute Gasteiger partial charge is 0.444 e. The fourth-order valence-corrected chi connectivity index (χ4v) is 2.28. The number of nitrogens with one attached hydrogen (secondary N) is 1. The molecule has 0 saturated carbocycles. The van der Waals surface area contributed by atoms with Gasteiger partial charge in [0.1, 0.15) is 5.60 Å². The van der Waals surface area contributed by atoms with Gasteiger partial charge in [0.25, 0.3) is 0 Å². The third-order valence-electron chi connectivity index (χ3n) is 3.37. The first-order chi connectivity index (χ1) is 9.92. The molecule has 0 aromatic heterocycles. The van der Waals surface area contributed by atoms with E-state index in [0.717, 1.165) is 52.0 Å². The molecule has 0 aromatic rings. The molecule has 5 heteroatoms. The van der Waals surface area contributed by atoms with Crippen LogP contribution in [0.15, 0.2) is 0 Å². The second kappa shape index (κ2) is 9.26. The summed E-state index contributed by atoms with van der Waals surface area (Å²) in [5.74, 6) is 0. The Labute approximate surface area is 129 Å². The standard InChI is InChI=1S/C16H32N2O3/c1-5-9-17-10-6-13-20-14-7-11-18(12-8-14)15(19)21-16(2,3)4/h14,17H,5-13H2,1-4H3. The van der Waals surface area contributed by atoms with Crippen LogP contribution in [0.1, 0.15) is 53.4 Å². The highest BCUT2D eigenvalue weighted by atomic mass is 16.6. The summed E-state index contributed by atoms with van der Waals surface area (Å²) in [5, 5.41) is 3.37. The summed E-state index contributed by atoms with van der Waals surface area (Å²) in [7, 11) is 0. The predicted molar refractivity (Wildman–Crippen MR) is 84.6 cm³/mol. The molecular weight excluding hydrogens is 268 g/mol. The Kier molecular flexibility index (Phi) is 8.04. The van der Waals surface area contributed by atoms with Gasteiger partial charge in [0.05, 0.1) is 6.10 Å². The van der Waals surface area contributed by atoms with E-state index in [4.69, 9.17) is 9.47 Å². The molecule has 1 N–H and O–H groups in total. The number of rotatable bonds is 7. The number of likely N-dealkylation sites (tertiary alicyclic amines) is 1. The molecule has 1 fully saturated rings. The molecular formula is C16H32N2O3.